The van der Waals surface area contributed by atoms with E-state index in [1.807, 2.05) is 32.0 Å². The van der Waals surface area contributed by atoms with Gasteiger partial charge in [0.15, 0.2) is 0 Å². The van der Waals surface area contributed by atoms with Crippen molar-refractivity contribution < 1.29 is 9.53 Å². The highest BCUT2D eigenvalue weighted by Gasteiger charge is 2.11. The highest BCUT2D eigenvalue weighted by molar-refractivity contribution is 5.94. The summed E-state index contributed by atoms with van der Waals surface area (Å²) in [5.41, 5.74) is 1.71. The van der Waals surface area contributed by atoms with Gasteiger partial charge in [-0.15, -0.1) is 0 Å². The van der Waals surface area contributed by atoms with Gasteiger partial charge in [0.2, 0.25) is 0 Å². The fourth-order valence-electron chi connectivity index (χ4n) is 2.39. The summed E-state index contributed by atoms with van der Waals surface area (Å²) in [6.07, 6.45) is 4.75. The third kappa shape index (κ3) is 5.78. The van der Waals surface area contributed by atoms with Crippen molar-refractivity contribution in [3.63, 3.8) is 0 Å². The van der Waals surface area contributed by atoms with E-state index in [0.29, 0.717) is 18.1 Å². The number of nitrogens with one attached hydrogen (secondary N) is 1. The Hall–Kier alpha value is -1.51. The molecule has 0 aromatic heterocycles. The first-order valence-corrected chi connectivity index (χ1v) is 8.13. The molecule has 118 valence electrons. The molecule has 3 heteroatoms. The lowest BCUT2D eigenvalue weighted by Crippen LogP contribution is -2.29. The molecule has 0 fully saturated rings. The maximum absolute atomic E-state index is 12.2. The van der Waals surface area contributed by atoms with Crippen molar-refractivity contribution in [2.24, 2.45) is 5.92 Å². The van der Waals surface area contributed by atoms with Crippen molar-refractivity contribution in [1.82, 2.24) is 5.32 Å². The van der Waals surface area contributed by atoms with Crippen LogP contribution < -0.4 is 10.1 Å². The third-order valence-corrected chi connectivity index (χ3v) is 3.83. The summed E-state index contributed by atoms with van der Waals surface area (Å²) in [6.45, 7) is 9.73. The van der Waals surface area contributed by atoms with Gasteiger partial charge in [0.1, 0.15) is 5.75 Å². The van der Waals surface area contributed by atoms with Crippen LogP contribution in [-0.4, -0.2) is 19.1 Å². The van der Waals surface area contributed by atoms with E-state index in [4.69, 9.17) is 4.74 Å². The Balaban J connectivity index is 2.57. The smallest absolute Gasteiger partial charge is 0.251 e. The lowest BCUT2D eigenvalue weighted by molar-refractivity contribution is 0.0945. The van der Waals surface area contributed by atoms with E-state index < -0.39 is 0 Å². The summed E-state index contributed by atoms with van der Waals surface area (Å²) in [6, 6.07) is 5.61. The van der Waals surface area contributed by atoms with Crippen molar-refractivity contribution >= 4 is 5.91 Å². The van der Waals surface area contributed by atoms with Crippen LogP contribution in [0.3, 0.4) is 0 Å². The molecule has 0 aliphatic carbocycles. The molecule has 0 saturated heterocycles. The molecule has 0 aliphatic heterocycles. The molecule has 1 aromatic rings. The SMILES string of the molecule is CCCCC(CC)CNC(=O)c1ccc(OCC)c(C)c1. The summed E-state index contributed by atoms with van der Waals surface area (Å²) in [7, 11) is 0. The number of amides is 1. The molecule has 0 heterocycles. The molecule has 1 atom stereocenters. The largest absolute Gasteiger partial charge is 0.494 e. The first kappa shape index (κ1) is 17.5. The Labute approximate surface area is 129 Å². The van der Waals surface area contributed by atoms with Gasteiger partial charge in [-0.05, 0) is 49.9 Å². The van der Waals surface area contributed by atoms with Gasteiger partial charge < -0.3 is 10.1 Å². The number of ether oxygens (including phenoxy) is 1. The first-order valence-electron chi connectivity index (χ1n) is 8.13. The number of benzene rings is 1. The molecular formula is C18H29NO2. The first-order chi connectivity index (χ1) is 10.1. The predicted molar refractivity (Wildman–Crippen MR) is 88.0 cm³/mol. The van der Waals surface area contributed by atoms with E-state index >= 15 is 0 Å². The zero-order valence-electron chi connectivity index (χ0n) is 13.9. The fraction of sp³-hybridized carbons (Fsp3) is 0.611. The molecule has 0 radical (unpaired) electrons. The van der Waals surface area contributed by atoms with Crippen LogP contribution in [-0.2, 0) is 0 Å². The maximum Gasteiger partial charge on any atom is 0.251 e. The molecule has 21 heavy (non-hydrogen) atoms. The molecule has 1 aromatic carbocycles. The highest BCUT2D eigenvalue weighted by Crippen LogP contribution is 2.19. The van der Waals surface area contributed by atoms with E-state index in [1.165, 1.54) is 19.3 Å². The Morgan fingerprint density at radius 3 is 2.62 bits per heavy atom. The van der Waals surface area contributed by atoms with Crippen LogP contribution in [0, 0.1) is 12.8 Å². The van der Waals surface area contributed by atoms with Gasteiger partial charge in [0.25, 0.3) is 5.91 Å². The molecule has 0 aliphatic rings. The molecule has 1 amide bonds. The van der Waals surface area contributed by atoms with Crippen LogP contribution in [0.5, 0.6) is 5.75 Å². The molecular weight excluding hydrogens is 262 g/mol. The number of carbonyl (C=O) groups excluding carboxylic acids is 1. The standard InChI is InChI=1S/C18H29NO2/c1-5-8-9-15(6-2)13-19-18(20)16-10-11-17(21-7-3)14(4)12-16/h10-12,15H,5-9,13H2,1-4H3,(H,19,20). The van der Waals surface area contributed by atoms with Crippen molar-refractivity contribution in [3.05, 3.63) is 29.3 Å². The van der Waals surface area contributed by atoms with Gasteiger partial charge in [-0.25, -0.2) is 0 Å². The Morgan fingerprint density at radius 2 is 2.05 bits per heavy atom. The Morgan fingerprint density at radius 1 is 1.29 bits per heavy atom. The van der Waals surface area contributed by atoms with E-state index in [-0.39, 0.29) is 5.91 Å². The monoisotopic (exact) mass is 291 g/mol. The molecule has 1 unspecified atom stereocenters. The second-order valence-corrected chi connectivity index (χ2v) is 5.54. The van der Waals surface area contributed by atoms with Gasteiger partial charge in [0.05, 0.1) is 6.61 Å². The predicted octanol–water partition coefficient (Wildman–Crippen LogP) is 4.34. The molecule has 1 rings (SSSR count). The second kappa shape index (κ2) is 9.43. The highest BCUT2D eigenvalue weighted by atomic mass is 16.5. The molecule has 1 N–H and O–H groups in total. The summed E-state index contributed by atoms with van der Waals surface area (Å²) >= 11 is 0. The minimum absolute atomic E-state index is 0.0103. The van der Waals surface area contributed by atoms with Crippen LogP contribution in [0.25, 0.3) is 0 Å². The number of aryl methyl sites for hydroxylation is 1. The van der Waals surface area contributed by atoms with Crippen molar-refractivity contribution in [3.8, 4) is 5.75 Å². The van der Waals surface area contributed by atoms with Crippen molar-refractivity contribution in [1.29, 1.82) is 0 Å². The van der Waals surface area contributed by atoms with Gasteiger partial charge in [0, 0.05) is 12.1 Å². The van der Waals surface area contributed by atoms with Crippen LogP contribution >= 0.6 is 0 Å². The fourth-order valence-corrected chi connectivity index (χ4v) is 2.39. The minimum Gasteiger partial charge on any atom is -0.494 e. The van der Waals surface area contributed by atoms with Gasteiger partial charge in [-0.3, -0.25) is 4.79 Å². The van der Waals surface area contributed by atoms with E-state index in [0.717, 1.165) is 24.3 Å². The quantitative estimate of drug-likeness (QED) is 0.735. The number of carbonyl (C=O) groups is 1. The van der Waals surface area contributed by atoms with E-state index in [1.54, 1.807) is 0 Å². The molecule has 0 bridgehead atoms. The summed E-state index contributed by atoms with van der Waals surface area (Å²) < 4.78 is 5.50. The number of hydrogen-bond donors (Lipinski definition) is 1. The zero-order valence-corrected chi connectivity index (χ0v) is 13.9. The van der Waals surface area contributed by atoms with Crippen LogP contribution in [0.2, 0.25) is 0 Å². The van der Waals surface area contributed by atoms with Crippen LogP contribution in [0.1, 0.15) is 62.4 Å². The topological polar surface area (TPSA) is 38.3 Å². The van der Waals surface area contributed by atoms with E-state index in [2.05, 4.69) is 19.2 Å². The van der Waals surface area contributed by atoms with Crippen LogP contribution in [0.15, 0.2) is 18.2 Å². The van der Waals surface area contributed by atoms with Crippen molar-refractivity contribution in [2.45, 2.75) is 53.4 Å². The van der Waals surface area contributed by atoms with E-state index in [9.17, 15) is 4.79 Å². The Bertz CT molecular complexity index is 443. The lowest BCUT2D eigenvalue weighted by atomic mass is 9.99. The number of hydrogen-bond acceptors (Lipinski definition) is 2. The van der Waals surface area contributed by atoms with Gasteiger partial charge in [-0.1, -0.05) is 33.1 Å². The number of rotatable bonds is 9. The lowest BCUT2D eigenvalue weighted by Gasteiger charge is -2.15. The molecule has 0 spiro atoms. The molecule has 0 saturated carbocycles. The van der Waals surface area contributed by atoms with Crippen LogP contribution in [0.4, 0.5) is 0 Å². The van der Waals surface area contributed by atoms with Crippen molar-refractivity contribution in [2.75, 3.05) is 13.2 Å². The van der Waals surface area contributed by atoms with Gasteiger partial charge >= 0.3 is 0 Å². The second-order valence-electron chi connectivity index (χ2n) is 5.54. The summed E-state index contributed by atoms with van der Waals surface area (Å²) in [4.78, 5) is 12.2. The molecule has 3 nitrogen and oxygen atoms in total. The Kier molecular flexibility index (Phi) is 7.88. The average molecular weight is 291 g/mol. The zero-order chi connectivity index (χ0) is 15.7. The third-order valence-electron chi connectivity index (χ3n) is 3.83. The summed E-state index contributed by atoms with van der Waals surface area (Å²) in [5, 5.41) is 3.06. The maximum atomic E-state index is 12.2. The minimum atomic E-state index is 0.0103. The normalized spacial score (nSPS) is 12.0. The van der Waals surface area contributed by atoms with Gasteiger partial charge in [-0.2, -0.15) is 0 Å². The number of unbranched alkanes of at least 4 members (excludes halogenated alkanes) is 1. The summed E-state index contributed by atoms with van der Waals surface area (Å²) in [5.74, 6) is 1.44. The average Bonchev–Trinajstić information content (AvgIpc) is 2.49.